The van der Waals surface area contributed by atoms with Gasteiger partial charge in [0.25, 0.3) is 0 Å². The number of rotatable bonds is 2. The molecule has 0 heterocycles. The van der Waals surface area contributed by atoms with Crippen molar-refractivity contribution in [2.75, 3.05) is 5.73 Å². The molecule has 2 aromatic rings. The predicted octanol–water partition coefficient (Wildman–Crippen LogP) is 2.94. The number of aromatic carboxylic acids is 1. The third-order valence-electron chi connectivity index (χ3n) is 2.74. The molecule has 3 nitrogen and oxygen atoms in total. The average Bonchev–Trinajstić information content (AvgIpc) is 2.30. The molecule has 0 aliphatic heterocycles. The number of hydrogen-bond acceptors (Lipinski definition) is 2. The van der Waals surface area contributed by atoms with Gasteiger partial charge in [0.1, 0.15) is 0 Å². The highest BCUT2D eigenvalue weighted by Crippen LogP contribution is 2.29. The molecule has 0 unspecified atom stereocenters. The zero-order valence-electron chi connectivity index (χ0n) is 9.47. The smallest absolute Gasteiger partial charge is 0.335 e. The van der Waals surface area contributed by atoms with Crippen LogP contribution in [0.5, 0.6) is 0 Å². The summed E-state index contributed by atoms with van der Waals surface area (Å²) in [5.41, 5.74) is 9.54. The van der Waals surface area contributed by atoms with Crippen LogP contribution in [-0.4, -0.2) is 11.1 Å². The van der Waals surface area contributed by atoms with Crippen LogP contribution in [-0.2, 0) is 0 Å². The van der Waals surface area contributed by atoms with E-state index in [4.69, 9.17) is 10.8 Å². The van der Waals surface area contributed by atoms with Crippen molar-refractivity contribution in [2.24, 2.45) is 0 Å². The topological polar surface area (TPSA) is 63.3 Å². The molecule has 0 radical (unpaired) electrons. The average molecular weight is 227 g/mol. The summed E-state index contributed by atoms with van der Waals surface area (Å²) in [5, 5.41) is 8.98. The fourth-order valence-electron chi connectivity index (χ4n) is 1.80. The minimum absolute atomic E-state index is 0.248. The molecule has 0 fully saturated rings. The van der Waals surface area contributed by atoms with Crippen molar-refractivity contribution in [1.82, 2.24) is 0 Å². The molecular weight excluding hydrogens is 214 g/mol. The second-order valence-corrected chi connectivity index (χ2v) is 3.92. The number of aryl methyl sites for hydroxylation is 1. The molecule has 0 aliphatic rings. The van der Waals surface area contributed by atoms with Gasteiger partial charge >= 0.3 is 5.97 Å². The maximum Gasteiger partial charge on any atom is 0.335 e. The Labute approximate surface area is 99.5 Å². The third kappa shape index (κ3) is 2.13. The summed E-state index contributed by atoms with van der Waals surface area (Å²) in [7, 11) is 0. The summed E-state index contributed by atoms with van der Waals surface area (Å²) >= 11 is 0. The van der Waals surface area contributed by atoms with Crippen LogP contribution in [0.3, 0.4) is 0 Å². The van der Waals surface area contributed by atoms with Gasteiger partial charge in [0.2, 0.25) is 0 Å². The first-order chi connectivity index (χ1) is 8.09. The Bertz CT molecular complexity index is 576. The normalized spacial score (nSPS) is 10.2. The summed E-state index contributed by atoms with van der Waals surface area (Å²) in [6.07, 6.45) is 0. The maximum atomic E-state index is 10.9. The van der Waals surface area contributed by atoms with Crippen molar-refractivity contribution in [3.8, 4) is 11.1 Å². The molecule has 0 aliphatic carbocycles. The lowest BCUT2D eigenvalue weighted by Gasteiger charge is -2.09. The van der Waals surface area contributed by atoms with E-state index in [1.165, 1.54) is 6.07 Å². The van der Waals surface area contributed by atoms with Crippen LogP contribution in [0, 0.1) is 6.92 Å². The molecule has 3 N–H and O–H groups in total. The van der Waals surface area contributed by atoms with Crippen LogP contribution in [0.2, 0.25) is 0 Å². The predicted molar refractivity (Wildman–Crippen MR) is 68.0 cm³/mol. The lowest BCUT2D eigenvalue weighted by molar-refractivity contribution is 0.0697. The fraction of sp³-hybridized carbons (Fsp3) is 0.0714. The quantitative estimate of drug-likeness (QED) is 0.775. The van der Waals surface area contributed by atoms with Crippen LogP contribution < -0.4 is 5.73 Å². The number of benzene rings is 2. The van der Waals surface area contributed by atoms with E-state index >= 15 is 0 Å². The highest BCUT2D eigenvalue weighted by molar-refractivity contribution is 5.92. The highest BCUT2D eigenvalue weighted by Gasteiger charge is 2.09. The van der Waals surface area contributed by atoms with Crippen molar-refractivity contribution >= 4 is 11.7 Å². The van der Waals surface area contributed by atoms with Crippen molar-refractivity contribution < 1.29 is 9.90 Å². The number of carboxylic acid groups (broad SMARTS) is 1. The Balaban J connectivity index is 2.63. The Morgan fingerprint density at radius 2 is 1.82 bits per heavy atom. The van der Waals surface area contributed by atoms with E-state index < -0.39 is 5.97 Å². The van der Waals surface area contributed by atoms with Gasteiger partial charge in [-0.05, 0) is 36.2 Å². The molecule has 0 saturated carbocycles. The Hall–Kier alpha value is -2.29. The van der Waals surface area contributed by atoms with Gasteiger partial charge in [-0.3, -0.25) is 0 Å². The second kappa shape index (κ2) is 4.29. The lowest BCUT2D eigenvalue weighted by Crippen LogP contribution is -1.99. The Morgan fingerprint density at radius 3 is 2.47 bits per heavy atom. The van der Waals surface area contributed by atoms with Crippen LogP contribution in [0.1, 0.15) is 15.9 Å². The van der Waals surface area contributed by atoms with E-state index in [0.717, 1.165) is 16.7 Å². The molecular formula is C14H13NO2. The Kier molecular flexibility index (Phi) is 2.83. The van der Waals surface area contributed by atoms with Crippen LogP contribution in [0.25, 0.3) is 11.1 Å². The monoisotopic (exact) mass is 227 g/mol. The molecule has 86 valence electrons. The van der Waals surface area contributed by atoms with Gasteiger partial charge < -0.3 is 10.8 Å². The highest BCUT2D eigenvalue weighted by atomic mass is 16.4. The fourth-order valence-corrected chi connectivity index (χ4v) is 1.80. The van der Waals surface area contributed by atoms with Gasteiger partial charge in [-0.25, -0.2) is 4.79 Å². The van der Waals surface area contributed by atoms with Crippen LogP contribution >= 0.6 is 0 Å². The molecule has 0 spiro atoms. The van der Waals surface area contributed by atoms with Crippen molar-refractivity contribution in [1.29, 1.82) is 0 Å². The van der Waals surface area contributed by atoms with Gasteiger partial charge in [0.05, 0.1) is 5.56 Å². The number of hydrogen-bond donors (Lipinski definition) is 2. The number of anilines is 1. The number of carbonyl (C=O) groups is 1. The van der Waals surface area contributed by atoms with Gasteiger partial charge in [-0.15, -0.1) is 0 Å². The SMILES string of the molecule is Cc1ccccc1-c1cc(C(=O)O)ccc1N. The standard InChI is InChI=1S/C14H13NO2/c1-9-4-2-3-5-11(9)12-8-10(14(16)17)6-7-13(12)15/h2-8H,15H2,1H3,(H,16,17). The zero-order valence-corrected chi connectivity index (χ0v) is 9.47. The van der Waals surface area contributed by atoms with Crippen LogP contribution in [0.15, 0.2) is 42.5 Å². The van der Waals surface area contributed by atoms with Crippen molar-refractivity contribution in [3.63, 3.8) is 0 Å². The molecule has 0 amide bonds. The lowest BCUT2D eigenvalue weighted by atomic mass is 9.97. The zero-order chi connectivity index (χ0) is 12.4. The summed E-state index contributed by atoms with van der Waals surface area (Å²) in [4.78, 5) is 10.9. The summed E-state index contributed by atoms with van der Waals surface area (Å²) in [6, 6.07) is 12.5. The molecule has 0 aromatic heterocycles. The number of nitrogen functional groups attached to an aromatic ring is 1. The first kappa shape index (κ1) is 11.2. The molecule has 2 aromatic carbocycles. The summed E-state index contributed by atoms with van der Waals surface area (Å²) in [5.74, 6) is -0.945. The molecule has 17 heavy (non-hydrogen) atoms. The summed E-state index contributed by atoms with van der Waals surface area (Å²) in [6.45, 7) is 1.97. The first-order valence-corrected chi connectivity index (χ1v) is 5.28. The van der Waals surface area contributed by atoms with E-state index in [-0.39, 0.29) is 5.56 Å². The number of carboxylic acids is 1. The molecule has 3 heteroatoms. The third-order valence-corrected chi connectivity index (χ3v) is 2.74. The van der Waals surface area contributed by atoms with Gasteiger partial charge in [0, 0.05) is 11.3 Å². The van der Waals surface area contributed by atoms with E-state index in [0.29, 0.717) is 5.69 Å². The molecule has 0 bridgehead atoms. The van der Waals surface area contributed by atoms with Gasteiger partial charge in [0.15, 0.2) is 0 Å². The summed E-state index contributed by atoms with van der Waals surface area (Å²) < 4.78 is 0. The molecule has 0 atom stereocenters. The van der Waals surface area contributed by atoms with Crippen molar-refractivity contribution in [2.45, 2.75) is 6.92 Å². The largest absolute Gasteiger partial charge is 0.478 e. The van der Waals surface area contributed by atoms with E-state index in [9.17, 15) is 4.79 Å². The van der Waals surface area contributed by atoms with Crippen LogP contribution in [0.4, 0.5) is 5.69 Å². The minimum Gasteiger partial charge on any atom is -0.478 e. The van der Waals surface area contributed by atoms with E-state index in [1.807, 2.05) is 31.2 Å². The second-order valence-electron chi connectivity index (χ2n) is 3.92. The maximum absolute atomic E-state index is 10.9. The van der Waals surface area contributed by atoms with Gasteiger partial charge in [-0.2, -0.15) is 0 Å². The molecule has 2 rings (SSSR count). The molecule has 0 saturated heterocycles. The minimum atomic E-state index is -0.945. The number of nitrogens with two attached hydrogens (primary N) is 1. The van der Waals surface area contributed by atoms with Crippen molar-refractivity contribution in [3.05, 3.63) is 53.6 Å². The first-order valence-electron chi connectivity index (χ1n) is 5.28. The van der Waals surface area contributed by atoms with E-state index in [2.05, 4.69) is 0 Å². The van der Waals surface area contributed by atoms with Gasteiger partial charge in [-0.1, -0.05) is 24.3 Å². The van der Waals surface area contributed by atoms with E-state index in [1.54, 1.807) is 12.1 Å². The Morgan fingerprint density at radius 1 is 1.12 bits per heavy atom.